The van der Waals surface area contributed by atoms with E-state index in [2.05, 4.69) is 37.1 Å². The van der Waals surface area contributed by atoms with Crippen molar-refractivity contribution in [3.8, 4) is 22.6 Å². The van der Waals surface area contributed by atoms with Crippen LogP contribution in [0.3, 0.4) is 0 Å². The molecule has 1 heterocycles. The van der Waals surface area contributed by atoms with Crippen LogP contribution in [-0.4, -0.2) is 39.8 Å². The number of rotatable bonds is 19. The first kappa shape index (κ1) is 35.1. The molecule has 0 spiro atoms. The second kappa shape index (κ2) is 16.2. The van der Waals surface area contributed by atoms with Gasteiger partial charge in [0, 0.05) is 17.5 Å². The minimum Gasteiger partial charge on any atom is -0.497 e. The van der Waals surface area contributed by atoms with Crippen LogP contribution in [0.4, 0.5) is 4.39 Å². The van der Waals surface area contributed by atoms with E-state index in [-0.39, 0.29) is 18.2 Å². The molecule has 4 aromatic rings. The van der Waals surface area contributed by atoms with Gasteiger partial charge in [-0.1, -0.05) is 75.6 Å². The second-order valence-corrected chi connectivity index (χ2v) is 13.5. The molecule has 8 nitrogen and oxygen atoms in total. The molecular formula is C39H48FN3O5. The van der Waals surface area contributed by atoms with Crippen LogP contribution in [0, 0.1) is 11.7 Å². The summed E-state index contributed by atoms with van der Waals surface area (Å²) in [4.78, 5) is 11.5. The van der Waals surface area contributed by atoms with Crippen molar-refractivity contribution in [2.45, 2.75) is 96.8 Å². The predicted octanol–water partition coefficient (Wildman–Crippen LogP) is 8.71. The molecule has 1 saturated carbocycles. The van der Waals surface area contributed by atoms with E-state index in [0.717, 1.165) is 53.8 Å². The van der Waals surface area contributed by atoms with Crippen molar-refractivity contribution in [2.24, 2.45) is 5.92 Å². The molecule has 48 heavy (non-hydrogen) atoms. The Bertz CT molecular complexity index is 1670. The fourth-order valence-electron chi connectivity index (χ4n) is 6.26. The van der Waals surface area contributed by atoms with Crippen molar-refractivity contribution in [1.82, 2.24) is 15.0 Å². The topological polar surface area (TPSA) is 95.7 Å². The molecule has 256 valence electrons. The molecule has 3 aromatic carbocycles. The molecule has 1 fully saturated rings. The summed E-state index contributed by atoms with van der Waals surface area (Å²) in [7, 11) is 1.57. The van der Waals surface area contributed by atoms with E-state index in [1.54, 1.807) is 19.2 Å². The van der Waals surface area contributed by atoms with E-state index < -0.39 is 11.4 Å². The molecule has 0 saturated heterocycles. The third kappa shape index (κ3) is 9.43. The quantitative estimate of drug-likeness (QED) is 0.101. The molecule has 1 aliphatic rings. The first-order chi connectivity index (χ1) is 23.2. The third-order valence-corrected chi connectivity index (χ3v) is 9.09. The van der Waals surface area contributed by atoms with Gasteiger partial charge in [0.25, 0.3) is 0 Å². The van der Waals surface area contributed by atoms with E-state index in [9.17, 15) is 9.90 Å². The number of unbranched alkanes of at least 4 members (excludes halogenated alkanes) is 3. The van der Waals surface area contributed by atoms with Gasteiger partial charge in [-0.15, -0.1) is 5.10 Å². The Labute approximate surface area is 283 Å². The van der Waals surface area contributed by atoms with E-state index in [1.165, 1.54) is 25.3 Å². The van der Waals surface area contributed by atoms with Crippen LogP contribution in [-0.2, 0) is 34.7 Å². The molecule has 9 heteroatoms. The highest BCUT2D eigenvalue weighted by Crippen LogP contribution is 2.45. The lowest BCUT2D eigenvalue weighted by Crippen LogP contribution is -2.25. The second-order valence-electron chi connectivity index (χ2n) is 13.5. The highest BCUT2D eigenvalue weighted by Gasteiger charge is 2.34. The monoisotopic (exact) mass is 657 g/mol. The highest BCUT2D eigenvalue weighted by atomic mass is 19.1. The molecule has 0 aliphatic heterocycles. The first-order valence-corrected chi connectivity index (χ1v) is 17.1. The molecular weight excluding hydrogens is 609 g/mol. The van der Waals surface area contributed by atoms with Gasteiger partial charge < -0.3 is 19.3 Å². The number of aryl methyl sites for hydroxylation is 1. The number of aromatic nitrogens is 3. The zero-order chi connectivity index (χ0) is 34.1. The Balaban J connectivity index is 1.33. The number of benzene rings is 3. The van der Waals surface area contributed by atoms with Gasteiger partial charge in [-0.2, -0.15) is 0 Å². The Morgan fingerprint density at radius 2 is 1.85 bits per heavy atom. The van der Waals surface area contributed by atoms with Crippen LogP contribution in [0.1, 0.15) is 94.0 Å². The van der Waals surface area contributed by atoms with Gasteiger partial charge in [0.2, 0.25) is 0 Å². The van der Waals surface area contributed by atoms with Crippen LogP contribution in [0.5, 0.6) is 11.5 Å². The zero-order valence-corrected chi connectivity index (χ0v) is 28.6. The van der Waals surface area contributed by atoms with Gasteiger partial charge in [0.1, 0.15) is 29.6 Å². The van der Waals surface area contributed by atoms with Crippen molar-refractivity contribution in [1.29, 1.82) is 0 Å². The summed E-state index contributed by atoms with van der Waals surface area (Å²) in [5.74, 6) is 0.546. The number of carbonyl (C=O) groups is 1. The minimum atomic E-state index is -0.783. The maximum atomic E-state index is 15.3. The first-order valence-electron chi connectivity index (χ1n) is 17.1. The number of carboxylic acid groups (broad SMARTS) is 1. The standard InChI is InChI=1S/C39H48FN3O5/c1-5-6-7-8-18-43-23-30(41-42-43)25-47-26-39(2,3)36-19-27(12-16-33(36)35-21-31(46-4)15-17-37(35)40)24-48-32-11-9-10-29(20-32)34(22-38(44)45)28-13-14-28/h9-12,15-17,19-21,23,28,34H,5-8,13-14,18,22,24-26H2,1-4H3,(H,44,45)/t34-/m0/s1. The Kier molecular flexibility index (Phi) is 11.9. The fourth-order valence-corrected chi connectivity index (χ4v) is 6.26. The van der Waals surface area contributed by atoms with Crippen molar-refractivity contribution in [3.05, 3.63) is 95.1 Å². The Morgan fingerprint density at radius 1 is 1.02 bits per heavy atom. The van der Waals surface area contributed by atoms with E-state index in [1.807, 2.05) is 47.3 Å². The van der Waals surface area contributed by atoms with Gasteiger partial charge in [-0.3, -0.25) is 9.48 Å². The molecule has 1 aromatic heterocycles. The number of carboxylic acids is 1. The summed E-state index contributed by atoms with van der Waals surface area (Å²) < 4.78 is 35.1. The normalized spacial score (nSPS) is 13.8. The average Bonchev–Trinajstić information content (AvgIpc) is 3.83. The maximum Gasteiger partial charge on any atom is 0.303 e. The lowest BCUT2D eigenvalue weighted by atomic mass is 9.79. The zero-order valence-electron chi connectivity index (χ0n) is 28.6. The summed E-state index contributed by atoms with van der Waals surface area (Å²) >= 11 is 0. The smallest absolute Gasteiger partial charge is 0.303 e. The SMILES string of the molecule is CCCCCCn1cc(COCC(C)(C)c2cc(COc3cccc([C@@H](CC(=O)O)C4CC4)c3)ccc2-c2cc(OC)ccc2F)nn1. The van der Waals surface area contributed by atoms with Crippen LogP contribution < -0.4 is 9.47 Å². The fraction of sp³-hybridized carbons (Fsp3) is 0.462. The number of methoxy groups -OCH3 is 1. The molecule has 5 rings (SSSR count). The van der Waals surface area contributed by atoms with Crippen molar-refractivity contribution in [3.63, 3.8) is 0 Å². The van der Waals surface area contributed by atoms with Crippen molar-refractivity contribution < 1.29 is 28.5 Å². The lowest BCUT2D eigenvalue weighted by Gasteiger charge is -2.29. The molecule has 1 atom stereocenters. The molecule has 1 aliphatic carbocycles. The Hall–Kier alpha value is -4.24. The number of ether oxygens (including phenoxy) is 3. The maximum absolute atomic E-state index is 15.3. The average molecular weight is 658 g/mol. The summed E-state index contributed by atoms with van der Waals surface area (Å²) in [5, 5.41) is 18.0. The van der Waals surface area contributed by atoms with Crippen molar-refractivity contribution >= 4 is 5.97 Å². The minimum absolute atomic E-state index is 0.00849. The van der Waals surface area contributed by atoms with Crippen molar-refractivity contribution in [2.75, 3.05) is 13.7 Å². The summed E-state index contributed by atoms with van der Waals surface area (Å²) in [6.07, 6.45) is 8.85. The number of aliphatic carboxylic acids is 1. The number of hydrogen-bond donors (Lipinski definition) is 1. The Morgan fingerprint density at radius 3 is 2.60 bits per heavy atom. The lowest BCUT2D eigenvalue weighted by molar-refractivity contribution is -0.137. The van der Waals surface area contributed by atoms with Crippen LogP contribution in [0.15, 0.2) is 66.9 Å². The molecule has 1 N–H and O–H groups in total. The molecule has 0 amide bonds. The number of halogens is 1. The van der Waals surface area contributed by atoms with Crippen LogP contribution in [0.25, 0.3) is 11.1 Å². The summed E-state index contributed by atoms with van der Waals surface area (Å²) in [6, 6.07) is 18.5. The van der Waals surface area contributed by atoms with E-state index in [0.29, 0.717) is 42.8 Å². The van der Waals surface area contributed by atoms with Gasteiger partial charge in [0.15, 0.2) is 0 Å². The molecule has 0 bridgehead atoms. The van der Waals surface area contributed by atoms with Crippen LogP contribution >= 0.6 is 0 Å². The van der Waals surface area contributed by atoms with Gasteiger partial charge in [0.05, 0.1) is 32.9 Å². The summed E-state index contributed by atoms with van der Waals surface area (Å²) in [6.45, 7) is 8.20. The van der Waals surface area contributed by atoms with E-state index >= 15 is 4.39 Å². The van der Waals surface area contributed by atoms with Crippen LogP contribution in [0.2, 0.25) is 0 Å². The van der Waals surface area contributed by atoms with Gasteiger partial charge in [-0.25, -0.2) is 4.39 Å². The largest absolute Gasteiger partial charge is 0.497 e. The number of nitrogens with zero attached hydrogens (tertiary/aromatic N) is 3. The van der Waals surface area contributed by atoms with Gasteiger partial charge in [-0.05, 0) is 83.7 Å². The number of hydrogen-bond acceptors (Lipinski definition) is 6. The van der Waals surface area contributed by atoms with Gasteiger partial charge >= 0.3 is 5.97 Å². The summed E-state index contributed by atoms with van der Waals surface area (Å²) in [5.41, 5.74) is 4.31. The molecule has 0 unspecified atom stereocenters. The predicted molar refractivity (Wildman–Crippen MR) is 184 cm³/mol. The highest BCUT2D eigenvalue weighted by molar-refractivity contribution is 5.71. The molecule has 0 radical (unpaired) electrons. The van der Waals surface area contributed by atoms with E-state index in [4.69, 9.17) is 14.2 Å². The third-order valence-electron chi connectivity index (χ3n) is 9.09.